The molecule has 0 heterocycles. The Kier molecular flexibility index (Phi) is 4.55. The lowest BCUT2D eigenvalue weighted by molar-refractivity contribution is 0.590. The highest BCUT2D eigenvalue weighted by atomic mass is 14.4. The summed E-state index contributed by atoms with van der Waals surface area (Å²) < 4.78 is 0. The minimum atomic E-state index is 0.00167. The molecule has 0 aromatic heterocycles. The van der Waals surface area contributed by atoms with Crippen LogP contribution in [0, 0.1) is 0 Å². The molecule has 0 N–H and O–H groups in total. The van der Waals surface area contributed by atoms with Crippen LogP contribution in [0.2, 0.25) is 0 Å². The second-order valence-corrected chi connectivity index (χ2v) is 11.6. The first-order chi connectivity index (χ1) is 16.2. The summed E-state index contributed by atoms with van der Waals surface area (Å²) in [6, 6.07) is 34.5. The van der Waals surface area contributed by atoms with Crippen LogP contribution in [0.4, 0.5) is 0 Å². The van der Waals surface area contributed by atoms with Crippen LogP contribution >= 0.6 is 0 Å². The van der Waals surface area contributed by atoms with Gasteiger partial charge in [-0.3, -0.25) is 0 Å². The first-order valence-electron chi connectivity index (χ1n) is 12.4. The molecule has 0 fully saturated rings. The molecule has 0 unspecified atom stereocenters. The van der Waals surface area contributed by atoms with Gasteiger partial charge in [0, 0.05) is 5.41 Å². The largest absolute Gasteiger partial charge is 0.0616 e. The SMILES string of the molecule is CC(C)(C)c1ccc(Cc2ccc3cc4c(cc3c2)C(C)(C)c2cc3ccccc3cc2-4)cc1. The molecule has 34 heavy (non-hydrogen) atoms. The summed E-state index contributed by atoms with van der Waals surface area (Å²) in [4.78, 5) is 0. The maximum Gasteiger partial charge on any atom is 0.0159 e. The lowest BCUT2D eigenvalue weighted by Crippen LogP contribution is -2.14. The zero-order valence-electron chi connectivity index (χ0n) is 20.9. The van der Waals surface area contributed by atoms with Crippen molar-refractivity contribution in [3.8, 4) is 11.1 Å². The average molecular weight is 441 g/mol. The van der Waals surface area contributed by atoms with Crippen molar-refractivity contribution in [1.82, 2.24) is 0 Å². The number of rotatable bonds is 2. The highest BCUT2D eigenvalue weighted by molar-refractivity contribution is 5.98. The van der Waals surface area contributed by atoms with Crippen LogP contribution in [0.1, 0.15) is 62.4 Å². The van der Waals surface area contributed by atoms with Gasteiger partial charge in [-0.2, -0.15) is 0 Å². The summed E-state index contributed by atoms with van der Waals surface area (Å²) in [5.74, 6) is 0. The quantitative estimate of drug-likeness (QED) is 0.257. The molecule has 0 amide bonds. The van der Waals surface area contributed by atoms with Crippen molar-refractivity contribution in [1.29, 1.82) is 0 Å². The highest BCUT2D eigenvalue weighted by Gasteiger charge is 2.35. The zero-order chi connectivity index (χ0) is 23.7. The molecule has 0 nitrogen and oxygen atoms in total. The molecule has 0 atom stereocenters. The van der Waals surface area contributed by atoms with E-state index in [9.17, 15) is 0 Å². The standard InChI is InChI=1S/C34H32/c1-33(2,3)28-14-11-22(12-15-28)16-23-10-13-26-19-30-29-18-24-8-6-7-9-25(24)20-31(29)34(4,5)32(30)21-27(26)17-23/h6-15,17-21H,16H2,1-5H3. The van der Waals surface area contributed by atoms with Gasteiger partial charge in [0.05, 0.1) is 0 Å². The molecule has 0 spiro atoms. The van der Waals surface area contributed by atoms with Gasteiger partial charge in [-0.25, -0.2) is 0 Å². The van der Waals surface area contributed by atoms with E-state index in [2.05, 4.69) is 126 Å². The number of fused-ring (bicyclic) bond motifs is 5. The number of benzene rings is 5. The summed E-state index contributed by atoms with van der Waals surface area (Å²) in [7, 11) is 0. The van der Waals surface area contributed by atoms with Crippen LogP contribution < -0.4 is 0 Å². The van der Waals surface area contributed by atoms with Crippen molar-refractivity contribution >= 4 is 21.5 Å². The minimum absolute atomic E-state index is 0.00167. The van der Waals surface area contributed by atoms with Crippen molar-refractivity contribution < 1.29 is 0 Å². The van der Waals surface area contributed by atoms with Gasteiger partial charge < -0.3 is 0 Å². The van der Waals surface area contributed by atoms with Gasteiger partial charge in [-0.05, 0) is 96.6 Å². The molecule has 168 valence electrons. The van der Waals surface area contributed by atoms with Gasteiger partial charge in [-0.1, -0.05) is 101 Å². The van der Waals surface area contributed by atoms with E-state index in [0.717, 1.165) is 6.42 Å². The van der Waals surface area contributed by atoms with Gasteiger partial charge in [0.2, 0.25) is 0 Å². The number of hydrogen-bond donors (Lipinski definition) is 0. The van der Waals surface area contributed by atoms with E-state index in [1.165, 1.54) is 60.5 Å². The predicted molar refractivity (Wildman–Crippen MR) is 147 cm³/mol. The molecular weight excluding hydrogens is 408 g/mol. The van der Waals surface area contributed by atoms with E-state index < -0.39 is 0 Å². The van der Waals surface area contributed by atoms with Gasteiger partial charge in [0.1, 0.15) is 0 Å². The Bertz CT molecular complexity index is 1560. The van der Waals surface area contributed by atoms with Crippen molar-refractivity contribution in [2.75, 3.05) is 0 Å². The molecule has 5 aromatic carbocycles. The Morgan fingerprint density at radius 2 is 1.09 bits per heavy atom. The third-order valence-electron chi connectivity index (χ3n) is 7.79. The van der Waals surface area contributed by atoms with E-state index in [1.807, 2.05) is 0 Å². The molecule has 5 aromatic rings. The Balaban J connectivity index is 1.40. The molecule has 1 aliphatic carbocycles. The molecule has 1 aliphatic rings. The Labute approximate surface area is 203 Å². The molecule has 0 saturated heterocycles. The fourth-order valence-electron chi connectivity index (χ4n) is 5.68. The van der Waals surface area contributed by atoms with Crippen molar-refractivity contribution in [3.63, 3.8) is 0 Å². The Hall–Kier alpha value is -3.38. The molecule has 0 aliphatic heterocycles. The first-order valence-corrected chi connectivity index (χ1v) is 12.4. The molecule has 0 saturated carbocycles. The molecule has 6 rings (SSSR count). The van der Waals surface area contributed by atoms with Gasteiger partial charge in [0.15, 0.2) is 0 Å². The summed E-state index contributed by atoms with van der Waals surface area (Å²) in [6.45, 7) is 11.6. The average Bonchev–Trinajstić information content (AvgIpc) is 3.02. The van der Waals surface area contributed by atoms with Crippen molar-refractivity contribution in [2.24, 2.45) is 0 Å². The monoisotopic (exact) mass is 440 g/mol. The van der Waals surface area contributed by atoms with Crippen LogP contribution in [0.15, 0.2) is 91.0 Å². The van der Waals surface area contributed by atoms with Crippen LogP contribution in [-0.4, -0.2) is 0 Å². The molecule has 0 heteroatoms. The van der Waals surface area contributed by atoms with E-state index in [0.29, 0.717) is 0 Å². The number of hydrogen-bond acceptors (Lipinski definition) is 0. The fourth-order valence-corrected chi connectivity index (χ4v) is 5.68. The van der Waals surface area contributed by atoms with Gasteiger partial charge in [0.25, 0.3) is 0 Å². The second kappa shape index (κ2) is 7.31. The lowest BCUT2D eigenvalue weighted by Gasteiger charge is -2.22. The minimum Gasteiger partial charge on any atom is -0.0616 e. The molecule has 0 bridgehead atoms. The van der Waals surface area contributed by atoms with E-state index in [1.54, 1.807) is 0 Å². The highest BCUT2D eigenvalue weighted by Crippen LogP contribution is 2.51. The van der Waals surface area contributed by atoms with Crippen molar-refractivity contribution in [3.05, 3.63) is 119 Å². The Morgan fingerprint density at radius 1 is 0.559 bits per heavy atom. The van der Waals surface area contributed by atoms with E-state index in [-0.39, 0.29) is 10.8 Å². The summed E-state index contributed by atoms with van der Waals surface area (Å²) in [6.07, 6.45) is 0.965. The zero-order valence-corrected chi connectivity index (χ0v) is 20.9. The lowest BCUT2D eigenvalue weighted by atomic mass is 9.81. The second-order valence-electron chi connectivity index (χ2n) is 11.6. The van der Waals surface area contributed by atoms with Crippen LogP contribution in [-0.2, 0) is 17.3 Å². The van der Waals surface area contributed by atoms with Crippen LogP contribution in [0.5, 0.6) is 0 Å². The van der Waals surface area contributed by atoms with E-state index >= 15 is 0 Å². The Morgan fingerprint density at radius 3 is 1.71 bits per heavy atom. The van der Waals surface area contributed by atoms with Gasteiger partial charge in [-0.15, -0.1) is 0 Å². The van der Waals surface area contributed by atoms with Crippen LogP contribution in [0.3, 0.4) is 0 Å². The molecular formula is C34H32. The summed E-state index contributed by atoms with van der Waals surface area (Å²) >= 11 is 0. The third-order valence-corrected chi connectivity index (χ3v) is 7.79. The fraction of sp³-hybridized carbons (Fsp3) is 0.235. The van der Waals surface area contributed by atoms with Crippen LogP contribution in [0.25, 0.3) is 32.7 Å². The van der Waals surface area contributed by atoms with E-state index in [4.69, 9.17) is 0 Å². The van der Waals surface area contributed by atoms with Crippen molar-refractivity contribution in [2.45, 2.75) is 51.9 Å². The van der Waals surface area contributed by atoms with Gasteiger partial charge >= 0.3 is 0 Å². The maximum atomic E-state index is 2.45. The smallest absolute Gasteiger partial charge is 0.0159 e. The maximum absolute atomic E-state index is 2.45. The topological polar surface area (TPSA) is 0 Å². The third kappa shape index (κ3) is 3.36. The first kappa shape index (κ1) is 21.2. The summed E-state index contributed by atoms with van der Waals surface area (Å²) in [5.41, 5.74) is 9.99. The predicted octanol–water partition coefficient (Wildman–Crippen LogP) is 9.19. The summed E-state index contributed by atoms with van der Waals surface area (Å²) in [5, 5.41) is 5.31. The molecule has 0 radical (unpaired) electrons. The normalized spacial score (nSPS) is 14.4.